The molecule has 422 valence electrons. The molecule has 3 amide bonds. The van der Waals surface area contributed by atoms with E-state index in [0.717, 1.165) is 44.9 Å². The topological polar surface area (TPSA) is 246 Å². The minimum absolute atomic E-state index is 0.00235. The summed E-state index contributed by atoms with van der Waals surface area (Å²) in [6.45, 7) is 22.1. The lowest BCUT2D eigenvalue weighted by Crippen LogP contribution is -2.43. The van der Waals surface area contributed by atoms with Gasteiger partial charge in [0, 0.05) is 29.7 Å². The van der Waals surface area contributed by atoms with E-state index >= 15 is 0 Å². The van der Waals surface area contributed by atoms with Gasteiger partial charge in [0.15, 0.2) is 0 Å². The Labute approximate surface area is 440 Å². The standard InChI is InChI=1S/C55H91N3O16/c1-39(59)22-20-18-16-14-15-17-19-21-23-45(60)56-42-33-40(50(65)57-43(35-67-28-24-46(61)71-52(2,3)4)36-68-29-25-47(62)72-53(5,6)7)32-41(34-42)51(66)58-44(37-69-30-26-48(63)73-54(8,9)10)38-70-31-27-49(64)74-55(11,12)13/h32-34,43-44H,14-31,35-38H2,1-13H3,(H,56,60)(H,57,65)(H,58,66). The maximum absolute atomic E-state index is 14.2. The molecule has 19 nitrogen and oxygen atoms in total. The Hall–Kier alpha value is -4.98. The Morgan fingerprint density at radius 3 is 0.973 bits per heavy atom. The molecule has 0 aliphatic heterocycles. The summed E-state index contributed by atoms with van der Waals surface area (Å²) in [6, 6.07) is 2.62. The van der Waals surface area contributed by atoms with Crippen molar-refractivity contribution in [2.75, 3.05) is 58.2 Å². The van der Waals surface area contributed by atoms with E-state index in [1.807, 2.05) is 0 Å². The average Bonchev–Trinajstić information content (AvgIpc) is 3.24. The van der Waals surface area contributed by atoms with Crippen LogP contribution in [-0.4, -0.2) is 135 Å². The van der Waals surface area contributed by atoms with Crippen LogP contribution in [0.5, 0.6) is 0 Å². The van der Waals surface area contributed by atoms with Gasteiger partial charge < -0.3 is 58.6 Å². The quantitative estimate of drug-likeness (QED) is 0.0325. The molecular weight excluding hydrogens is 959 g/mol. The number of hydrogen-bond donors (Lipinski definition) is 3. The minimum Gasteiger partial charge on any atom is -0.460 e. The lowest BCUT2D eigenvalue weighted by molar-refractivity contribution is -0.157. The summed E-state index contributed by atoms with van der Waals surface area (Å²) >= 11 is 0. The number of esters is 4. The molecule has 0 heterocycles. The molecule has 0 atom stereocenters. The summed E-state index contributed by atoms with van der Waals surface area (Å²) < 4.78 is 44.7. The van der Waals surface area contributed by atoms with E-state index in [4.69, 9.17) is 37.9 Å². The number of ketones is 1. The van der Waals surface area contributed by atoms with Gasteiger partial charge in [0.1, 0.15) is 28.2 Å². The van der Waals surface area contributed by atoms with Crippen molar-refractivity contribution >= 4 is 53.1 Å². The summed E-state index contributed by atoms with van der Waals surface area (Å²) in [6.07, 6.45) is 8.06. The first-order chi connectivity index (χ1) is 34.4. The fraction of sp³-hybridized carbons (Fsp3) is 0.745. The molecule has 1 aromatic rings. The van der Waals surface area contributed by atoms with Crippen molar-refractivity contribution in [2.24, 2.45) is 0 Å². The van der Waals surface area contributed by atoms with Gasteiger partial charge in [-0.25, -0.2) is 0 Å². The zero-order valence-corrected chi connectivity index (χ0v) is 47.0. The van der Waals surface area contributed by atoms with E-state index in [2.05, 4.69) is 16.0 Å². The number of carbonyl (C=O) groups is 8. The number of Topliss-reactive ketones (excluding diaryl/α,β-unsaturated/α-hetero) is 1. The molecule has 3 N–H and O–H groups in total. The van der Waals surface area contributed by atoms with E-state index < -0.39 is 70.2 Å². The van der Waals surface area contributed by atoms with Crippen LogP contribution in [0.1, 0.15) is 201 Å². The maximum Gasteiger partial charge on any atom is 0.308 e. The number of rotatable bonds is 36. The van der Waals surface area contributed by atoms with Crippen LogP contribution in [-0.2, 0) is 66.7 Å². The molecule has 0 saturated heterocycles. The van der Waals surface area contributed by atoms with Crippen molar-refractivity contribution in [3.8, 4) is 0 Å². The predicted octanol–water partition coefficient (Wildman–Crippen LogP) is 8.31. The SMILES string of the molecule is CC(=O)CCCCCCCCCCC(=O)Nc1cc(C(=O)NC(COCCC(=O)OC(C)(C)C)COCCC(=O)OC(C)(C)C)cc(C(=O)NC(COCCC(=O)OC(C)(C)C)COCCC(=O)OC(C)(C)C)c1. The molecule has 0 spiro atoms. The predicted molar refractivity (Wildman–Crippen MR) is 280 cm³/mol. The lowest BCUT2D eigenvalue weighted by atomic mass is 10.1. The number of unbranched alkanes of at least 4 members (excludes halogenated alkanes) is 7. The zero-order valence-electron chi connectivity index (χ0n) is 47.0. The first-order valence-electron chi connectivity index (χ1n) is 26.1. The molecule has 0 radical (unpaired) electrons. The van der Waals surface area contributed by atoms with Crippen LogP contribution in [0.25, 0.3) is 0 Å². The Bertz CT molecular complexity index is 1730. The smallest absolute Gasteiger partial charge is 0.308 e. The Morgan fingerprint density at radius 2 is 0.689 bits per heavy atom. The largest absolute Gasteiger partial charge is 0.460 e. The van der Waals surface area contributed by atoms with Crippen LogP contribution in [0.2, 0.25) is 0 Å². The van der Waals surface area contributed by atoms with Crippen LogP contribution in [0.3, 0.4) is 0 Å². The number of hydrogen-bond acceptors (Lipinski definition) is 16. The highest BCUT2D eigenvalue weighted by Crippen LogP contribution is 2.19. The van der Waals surface area contributed by atoms with Crippen molar-refractivity contribution in [2.45, 2.75) is 214 Å². The first kappa shape index (κ1) is 67.0. The molecule has 74 heavy (non-hydrogen) atoms. The number of nitrogens with one attached hydrogen (secondary N) is 3. The van der Waals surface area contributed by atoms with E-state index in [1.54, 1.807) is 90.0 Å². The summed E-state index contributed by atoms with van der Waals surface area (Å²) in [5.41, 5.74) is -2.57. The van der Waals surface area contributed by atoms with Gasteiger partial charge in [-0.2, -0.15) is 0 Å². The number of carbonyl (C=O) groups excluding carboxylic acids is 8. The third-order valence-electron chi connectivity index (χ3n) is 9.85. The number of ether oxygens (including phenoxy) is 8. The van der Waals surface area contributed by atoms with Crippen molar-refractivity contribution in [3.63, 3.8) is 0 Å². The van der Waals surface area contributed by atoms with Crippen LogP contribution >= 0.6 is 0 Å². The molecular formula is C55H91N3O16. The average molecular weight is 1050 g/mol. The molecule has 0 saturated carbocycles. The second-order valence-electron chi connectivity index (χ2n) is 22.4. The van der Waals surface area contributed by atoms with Crippen LogP contribution in [0.4, 0.5) is 5.69 Å². The normalized spacial score (nSPS) is 12.0. The van der Waals surface area contributed by atoms with Crippen molar-refractivity contribution < 1.29 is 76.3 Å². The number of anilines is 1. The zero-order chi connectivity index (χ0) is 56.0. The van der Waals surface area contributed by atoms with Crippen molar-refractivity contribution in [1.82, 2.24) is 10.6 Å². The first-order valence-corrected chi connectivity index (χ1v) is 26.1. The molecule has 0 aromatic heterocycles. The molecule has 0 fully saturated rings. The van der Waals surface area contributed by atoms with Gasteiger partial charge in [0.25, 0.3) is 11.8 Å². The molecule has 0 unspecified atom stereocenters. The van der Waals surface area contributed by atoms with E-state index in [-0.39, 0.29) is 113 Å². The summed E-state index contributed by atoms with van der Waals surface area (Å²) in [5.74, 6) is -3.28. The van der Waals surface area contributed by atoms with Gasteiger partial charge in [-0.05, 0) is 121 Å². The van der Waals surface area contributed by atoms with Crippen LogP contribution in [0, 0.1) is 0 Å². The number of amides is 3. The van der Waals surface area contributed by atoms with E-state index in [0.29, 0.717) is 12.8 Å². The Kier molecular flexibility index (Phi) is 31.3. The molecule has 0 aliphatic rings. The highest BCUT2D eigenvalue weighted by molar-refractivity contribution is 6.03. The summed E-state index contributed by atoms with van der Waals surface area (Å²) in [5, 5.41) is 8.58. The van der Waals surface area contributed by atoms with Gasteiger partial charge >= 0.3 is 23.9 Å². The molecule has 0 aliphatic carbocycles. The molecule has 0 bridgehead atoms. The minimum atomic E-state index is -0.809. The van der Waals surface area contributed by atoms with Gasteiger partial charge in [0.2, 0.25) is 5.91 Å². The van der Waals surface area contributed by atoms with Gasteiger partial charge in [-0.15, -0.1) is 0 Å². The van der Waals surface area contributed by atoms with E-state index in [1.165, 1.54) is 18.2 Å². The maximum atomic E-state index is 14.2. The van der Waals surface area contributed by atoms with Crippen LogP contribution < -0.4 is 16.0 Å². The van der Waals surface area contributed by atoms with Gasteiger partial charge in [0.05, 0.1) is 90.6 Å². The Morgan fingerprint density at radius 1 is 0.405 bits per heavy atom. The molecule has 1 aromatic carbocycles. The highest BCUT2D eigenvalue weighted by Gasteiger charge is 2.24. The fourth-order valence-electron chi connectivity index (χ4n) is 6.80. The Balaban J connectivity index is 3.40. The third-order valence-corrected chi connectivity index (χ3v) is 9.85. The van der Waals surface area contributed by atoms with E-state index in [9.17, 15) is 38.4 Å². The third kappa shape index (κ3) is 37.7. The fourth-order valence-corrected chi connectivity index (χ4v) is 6.80. The highest BCUT2D eigenvalue weighted by atomic mass is 16.6. The van der Waals surface area contributed by atoms with Crippen molar-refractivity contribution in [3.05, 3.63) is 29.3 Å². The summed E-state index contributed by atoms with van der Waals surface area (Å²) in [7, 11) is 0. The lowest BCUT2D eigenvalue weighted by Gasteiger charge is -2.22. The second-order valence-corrected chi connectivity index (χ2v) is 22.4. The summed E-state index contributed by atoms with van der Waals surface area (Å²) in [4.78, 5) is 102. The monoisotopic (exact) mass is 1050 g/mol. The molecule has 19 heteroatoms. The second kappa shape index (κ2) is 34.6. The van der Waals surface area contributed by atoms with Gasteiger partial charge in [-0.3, -0.25) is 33.6 Å². The number of benzene rings is 1. The van der Waals surface area contributed by atoms with Crippen LogP contribution in [0.15, 0.2) is 18.2 Å². The van der Waals surface area contributed by atoms with Gasteiger partial charge in [-0.1, -0.05) is 38.5 Å². The molecule has 1 rings (SSSR count). The van der Waals surface area contributed by atoms with Crippen molar-refractivity contribution in [1.29, 1.82) is 0 Å².